The minimum atomic E-state index is -1.03. The van der Waals surface area contributed by atoms with Gasteiger partial charge in [0.05, 0.1) is 6.54 Å². The Labute approximate surface area is 233 Å². The second-order valence-corrected chi connectivity index (χ2v) is 9.71. The van der Waals surface area contributed by atoms with E-state index in [2.05, 4.69) is 19.2 Å². The van der Waals surface area contributed by atoms with Crippen molar-refractivity contribution in [2.45, 2.75) is 32.3 Å². The van der Waals surface area contributed by atoms with E-state index in [1.807, 2.05) is 24.3 Å². The van der Waals surface area contributed by atoms with E-state index in [-0.39, 0.29) is 24.8 Å². The Morgan fingerprint density at radius 1 is 0.800 bits per heavy atom. The van der Waals surface area contributed by atoms with Crippen LogP contribution in [0.4, 0.5) is 4.39 Å². The molecule has 0 bridgehead atoms. The van der Waals surface area contributed by atoms with Gasteiger partial charge in [-0.05, 0) is 76.7 Å². The van der Waals surface area contributed by atoms with Crippen molar-refractivity contribution in [2.24, 2.45) is 0 Å². The van der Waals surface area contributed by atoms with Gasteiger partial charge in [-0.15, -0.1) is 0 Å². The predicted octanol–water partition coefficient (Wildman–Crippen LogP) is 6.50. The van der Waals surface area contributed by atoms with Gasteiger partial charge in [0.25, 0.3) is 5.91 Å². The molecule has 206 valence electrons. The normalized spacial score (nSPS) is 11.6. The lowest BCUT2D eigenvalue weighted by Gasteiger charge is -2.16. The number of carbonyl (C=O) groups excluding carboxylic acids is 1. The summed E-state index contributed by atoms with van der Waals surface area (Å²) in [6, 6.07) is 27.9. The molecule has 4 aromatic rings. The van der Waals surface area contributed by atoms with Crippen LogP contribution in [0, 0.1) is 5.82 Å². The smallest absolute Gasteiger partial charge is 0.345 e. The molecule has 0 radical (unpaired) electrons. The third-order valence-corrected chi connectivity index (χ3v) is 6.43. The maximum Gasteiger partial charge on any atom is 0.345 e. The molecule has 7 heteroatoms. The molecule has 0 heterocycles. The molecule has 0 fully saturated rings. The van der Waals surface area contributed by atoms with Crippen LogP contribution in [0.3, 0.4) is 0 Å². The van der Waals surface area contributed by atoms with Crippen LogP contribution in [0.15, 0.2) is 97.1 Å². The van der Waals surface area contributed by atoms with Gasteiger partial charge in [-0.3, -0.25) is 4.79 Å². The van der Waals surface area contributed by atoms with E-state index < -0.39 is 12.1 Å². The fourth-order valence-electron chi connectivity index (χ4n) is 4.10. The largest absolute Gasteiger partial charge is 0.492 e. The van der Waals surface area contributed by atoms with E-state index in [1.54, 1.807) is 60.7 Å². The Morgan fingerprint density at radius 2 is 1.38 bits per heavy atom. The van der Waals surface area contributed by atoms with E-state index in [0.717, 1.165) is 22.3 Å². The van der Waals surface area contributed by atoms with Gasteiger partial charge >= 0.3 is 5.97 Å². The number of benzene rings is 4. The molecule has 2 N–H and O–H groups in total. The number of halogens is 1. The number of carbonyl (C=O) groups is 2. The number of nitrogens with one attached hydrogen (secondary N) is 1. The maximum absolute atomic E-state index is 13.1. The van der Waals surface area contributed by atoms with E-state index in [9.17, 15) is 19.1 Å². The summed E-state index contributed by atoms with van der Waals surface area (Å²) in [4.78, 5) is 24.2. The van der Waals surface area contributed by atoms with Gasteiger partial charge in [-0.25, -0.2) is 9.18 Å². The molecule has 0 spiro atoms. The van der Waals surface area contributed by atoms with E-state index >= 15 is 0 Å². The van der Waals surface area contributed by atoms with Gasteiger partial charge in [-0.2, -0.15) is 0 Å². The van der Waals surface area contributed by atoms with Crippen molar-refractivity contribution >= 4 is 11.9 Å². The van der Waals surface area contributed by atoms with Crippen LogP contribution in [0.5, 0.6) is 11.5 Å². The number of hydrogen-bond acceptors (Lipinski definition) is 4. The summed E-state index contributed by atoms with van der Waals surface area (Å²) in [5.74, 6) is -0.0364. The lowest BCUT2D eigenvalue weighted by Crippen LogP contribution is -2.29. The van der Waals surface area contributed by atoms with Crippen LogP contribution in [0.25, 0.3) is 11.1 Å². The first-order valence-corrected chi connectivity index (χ1v) is 13.1. The molecule has 1 unspecified atom stereocenters. The van der Waals surface area contributed by atoms with Crippen LogP contribution in [0.1, 0.15) is 41.3 Å². The van der Waals surface area contributed by atoms with Crippen LogP contribution in [-0.2, 0) is 11.2 Å². The van der Waals surface area contributed by atoms with Crippen LogP contribution >= 0.6 is 0 Å². The topological polar surface area (TPSA) is 84.9 Å². The molecule has 0 saturated heterocycles. The number of rotatable bonds is 12. The van der Waals surface area contributed by atoms with Gasteiger partial charge in [-0.1, -0.05) is 62.4 Å². The summed E-state index contributed by atoms with van der Waals surface area (Å²) in [5, 5.41) is 12.5. The van der Waals surface area contributed by atoms with Crippen LogP contribution in [-0.4, -0.2) is 36.2 Å². The number of carboxylic acid groups (broad SMARTS) is 1. The molecule has 0 aliphatic rings. The molecule has 0 aromatic heterocycles. The number of carboxylic acids is 1. The van der Waals surface area contributed by atoms with Gasteiger partial charge in [0.1, 0.15) is 23.9 Å². The van der Waals surface area contributed by atoms with Gasteiger partial charge in [0, 0.05) is 12.0 Å². The first-order chi connectivity index (χ1) is 19.3. The number of aliphatic carboxylic acids is 1. The second kappa shape index (κ2) is 13.4. The van der Waals surface area contributed by atoms with E-state index in [0.29, 0.717) is 29.5 Å². The van der Waals surface area contributed by atoms with Crippen LogP contribution in [0.2, 0.25) is 0 Å². The monoisotopic (exact) mass is 541 g/mol. The Hall–Kier alpha value is -4.65. The van der Waals surface area contributed by atoms with Gasteiger partial charge < -0.3 is 19.9 Å². The molecule has 40 heavy (non-hydrogen) atoms. The molecule has 4 rings (SSSR count). The molecule has 1 atom stereocenters. The zero-order valence-corrected chi connectivity index (χ0v) is 22.5. The van der Waals surface area contributed by atoms with Crippen molar-refractivity contribution in [2.75, 3.05) is 13.2 Å². The molecule has 4 aromatic carbocycles. The Morgan fingerprint density at radius 3 is 1.95 bits per heavy atom. The molecule has 0 aliphatic carbocycles. The quantitative estimate of drug-likeness (QED) is 0.200. The Kier molecular flexibility index (Phi) is 9.52. The highest BCUT2D eigenvalue weighted by molar-refractivity contribution is 5.94. The zero-order valence-electron chi connectivity index (χ0n) is 22.5. The third kappa shape index (κ3) is 7.93. The minimum Gasteiger partial charge on any atom is -0.492 e. The molecule has 0 aliphatic heterocycles. The number of hydrogen-bond donors (Lipinski definition) is 2. The van der Waals surface area contributed by atoms with E-state index in [4.69, 9.17) is 9.47 Å². The summed E-state index contributed by atoms with van der Waals surface area (Å²) in [5.41, 5.74) is 4.24. The van der Waals surface area contributed by atoms with Crippen molar-refractivity contribution in [3.05, 3.63) is 120 Å². The van der Waals surface area contributed by atoms with Gasteiger partial charge in [0.2, 0.25) is 0 Å². The lowest BCUT2D eigenvalue weighted by atomic mass is 10.0. The summed E-state index contributed by atoms with van der Waals surface area (Å²) >= 11 is 0. The van der Waals surface area contributed by atoms with Crippen molar-refractivity contribution in [3.8, 4) is 22.6 Å². The summed E-state index contributed by atoms with van der Waals surface area (Å²) in [7, 11) is 0. The highest BCUT2D eigenvalue weighted by Gasteiger charge is 2.20. The Bertz CT molecular complexity index is 1400. The van der Waals surface area contributed by atoms with Crippen molar-refractivity contribution in [3.63, 3.8) is 0 Å². The van der Waals surface area contributed by atoms with Crippen LogP contribution < -0.4 is 14.8 Å². The lowest BCUT2D eigenvalue weighted by molar-refractivity contribution is -0.145. The van der Waals surface area contributed by atoms with E-state index in [1.165, 1.54) is 12.1 Å². The second-order valence-electron chi connectivity index (χ2n) is 9.71. The molecular formula is C33H32FNO5. The molecule has 6 nitrogen and oxygen atoms in total. The van der Waals surface area contributed by atoms with Crippen molar-refractivity contribution in [1.82, 2.24) is 5.32 Å². The molecule has 1 amide bonds. The first kappa shape index (κ1) is 28.4. The highest BCUT2D eigenvalue weighted by Crippen LogP contribution is 2.22. The predicted molar refractivity (Wildman–Crippen MR) is 152 cm³/mol. The van der Waals surface area contributed by atoms with Gasteiger partial charge in [0.15, 0.2) is 6.10 Å². The SMILES string of the molecule is CC(C)c1ccc(OC(Cc2ccc(OCCNC(=O)c3ccc(-c4ccc(F)cc4)cc3)cc2)C(=O)O)cc1. The van der Waals surface area contributed by atoms with Crippen molar-refractivity contribution in [1.29, 1.82) is 0 Å². The van der Waals surface area contributed by atoms with Crippen molar-refractivity contribution < 1.29 is 28.6 Å². The average molecular weight is 542 g/mol. The standard InChI is InChI=1S/C33H32FNO5/c1-22(2)24-11-17-30(18-12-24)40-31(33(37)38)21-23-3-15-29(16-4-23)39-20-19-35-32(36)27-7-5-25(6-8-27)26-9-13-28(34)14-10-26/h3-18,22,31H,19-21H2,1-2H3,(H,35,36)(H,37,38). The third-order valence-electron chi connectivity index (χ3n) is 6.43. The molecular weight excluding hydrogens is 509 g/mol. The minimum absolute atomic E-state index is 0.206. The zero-order chi connectivity index (χ0) is 28.5. The Balaban J connectivity index is 1.22. The molecule has 0 saturated carbocycles. The fraction of sp³-hybridized carbons (Fsp3) is 0.212. The highest BCUT2D eigenvalue weighted by atomic mass is 19.1. The first-order valence-electron chi connectivity index (χ1n) is 13.1. The fourth-order valence-corrected chi connectivity index (χ4v) is 4.10. The summed E-state index contributed by atoms with van der Waals surface area (Å²) in [6.07, 6.45) is -0.811. The number of amides is 1. The summed E-state index contributed by atoms with van der Waals surface area (Å²) < 4.78 is 24.6. The number of ether oxygens (including phenoxy) is 2. The summed E-state index contributed by atoms with van der Waals surface area (Å²) in [6.45, 7) is 4.77. The average Bonchev–Trinajstić information content (AvgIpc) is 2.96. The maximum atomic E-state index is 13.1.